The van der Waals surface area contributed by atoms with Gasteiger partial charge in [-0.15, -0.1) is 5.10 Å². The molecule has 0 aliphatic rings. The van der Waals surface area contributed by atoms with Crippen molar-refractivity contribution >= 4 is 29.2 Å². The van der Waals surface area contributed by atoms with E-state index >= 15 is 0 Å². The first-order chi connectivity index (χ1) is 17.0. The number of hydrogen-bond donors (Lipinski definition) is 2. The number of ether oxygens (including phenoxy) is 3. The number of aromatic nitrogens is 3. The summed E-state index contributed by atoms with van der Waals surface area (Å²) >= 11 is 0. The molecule has 0 atom stereocenters. The number of anilines is 2. The van der Waals surface area contributed by atoms with Gasteiger partial charge in [-0.25, -0.2) is 14.3 Å². The van der Waals surface area contributed by atoms with Crippen LogP contribution in [0.1, 0.15) is 59.8 Å². The van der Waals surface area contributed by atoms with Gasteiger partial charge in [0, 0.05) is 16.9 Å². The van der Waals surface area contributed by atoms with Gasteiger partial charge in [0.1, 0.15) is 11.4 Å². The molecule has 0 saturated heterocycles. The number of carbonyl (C=O) groups is 3. The number of methoxy groups -OCH3 is 1. The van der Waals surface area contributed by atoms with Gasteiger partial charge in [-0.05, 0) is 63.6 Å². The molecule has 3 rings (SSSR count). The number of hydrogen-bond acceptors (Lipinski definition) is 9. The highest BCUT2D eigenvalue weighted by molar-refractivity contribution is 6.15. The highest BCUT2D eigenvalue weighted by Crippen LogP contribution is 2.23. The summed E-state index contributed by atoms with van der Waals surface area (Å²) in [6, 6.07) is 11.5. The van der Waals surface area contributed by atoms with E-state index in [2.05, 4.69) is 15.6 Å². The van der Waals surface area contributed by atoms with Crippen LogP contribution in [0.15, 0.2) is 42.5 Å². The highest BCUT2D eigenvalue weighted by Gasteiger charge is 2.28. The first-order valence-electron chi connectivity index (χ1n) is 11.2. The Bertz CT molecular complexity index is 1260. The Morgan fingerprint density at radius 1 is 1.08 bits per heavy atom. The van der Waals surface area contributed by atoms with Crippen LogP contribution in [-0.4, -0.2) is 52.2 Å². The zero-order valence-electron chi connectivity index (χ0n) is 20.8. The van der Waals surface area contributed by atoms with Gasteiger partial charge in [-0.1, -0.05) is 17.3 Å². The molecule has 3 N–H and O–H groups in total. The molecular formula is C25H29N5O6. The Morgan fingerprint density at radius 3 is 2.36 bits per heavy atom. The van der Waals surface area contributed by atoms with E-state index in [0.717, 1.165) is 5.56 Å². The summed E-state index contributed by atoms with van der Waals surface area (Å²) in [6.07, 6.45) is -0.660. The van der Waals surface area contributed by atoms with Gasteiger partial charge in [-0.2, -0.15) is 0 Å². The topological polar surface area (TPSA) is 148 Å². The summed E-state index contributed by atoms with van der Waals surface area (Å²) in [5.41, 5.74) is 6.47. The van der Waals surface area contributed by atoms with Crippen LogP contribution in [0.5, 0.6) is 5.75 Å². The van der Waals surface area contributed by atoms with E-state index in [1.165, 1.54) is 22.9 Å². The van der Waals surface area contributed by atoms with Crippen molar-refractivity contribution in [3.05, 3.63) is 65.0 Å². The third-order valence-electron chi connectivity index (χ3n) is 4.85. The van der Waals surface area contributed by atoms with Crippen LogP contribution in [0, 0.1) is 0 Å². The number of nitrogens with two attached hydrogens (primary N) is 1. The van der Waals surface area contributed by atoms with Gasteiger partial charge < -0.3 is 19.9 Å². The number of nitrogen functional groups attached to an aromatic ring is 1. The lowest BCUT2D eigenvalue weighted by molar-refractivity contribution is 0.0509. The number of benzene rings is 2. The van der Waals surface area contributed by atoms with E-state index in [4.69, 9.17) is 19.9 Å². The maximum absolute atomic E-state index is 13.3. The molecular weight excluding hydrogens is 466 g/mol. The molecule has 190 valence electrons. The average Bonchev–Trinajstić information content (AvgIpc) is 3.21. The average molecular weight is 496 g/mol. The van der Waals surface area contributed by atoms with E-state index in [0.29, 0.717) is 11.4 Å². The number of esters is 1. The Kier molecular flexibility index (Phi) is 7.93. The summed E-state index contributed by atoms with van der Waals surface area (Å²) < 4.78 is 16.8. The molecule has 3 aromatic rings. The molecule has 1 aromatic heterocycles. The fourth-order valence-corrected chi connectivity index (χ4v) is 3.28. The van der Waals surface area contributed by atoms with E-state index < -0.39 is 23.4 Å². The van der Waals surface area contributed by atoms with Crippen LogP contribution >= 0.6 is 0 Å². The first kappa shape index (κ1) is 26.2. The molecule has 0 aliphatic carbocycles. The van der Waals surface area contributed by atoms with Crippen LogP contribution < -0.4 is 15.8 Å². The smallest absolute Gasteiger partial charge is 0.412 e. The van der Waals surface area contributed by atoms with Crippen molar-refractivity contribution in [2.75, 3.05) is 24.8 Å². The minimum absolute atomic E-state index is 0.0769. The van der Waals surface area contributed by atoms with Crippen molar-refractivity contribution in [1.29, 1.82) is 0 Å². The first-order valence-corrected chi connectivity index (χ1v) is 11.2. The van der Waals surface area contributed by atoms with Gasteiger partial charge in [0.2, 0.25) is 5.78 Å². The van der Waals surface area contributed by atoms with Crippen LogP contribution in [0.25, 0.3) is 0 Å². The number of nitrogens with one attached hydrogen (secondary N) is 1. The van der Waals surface area contributed by atoms with Crippen molar-refractivity contribution in [1.82, 2.24) is 15.0 Å². The molecule has 0 bridgehead atoms. The minimum Gasteiger partial charge on any atom is -0.497 e. The monoisotopic (exact) mass is 495 g/mol. The van der Waals surface area contributed by atoms with Crippen LogP contribution in [0.2, 0.25) is 0 Å². The Morgan fingerprint density at radius 2 is 1.78 bits per heavy atom. The minimum atomic E-state index is -0.735. The van der Waals surface area contributed by atoms with Crippen molar-refractivity contribution in [2.24, 2.45) is 0 Å². The van der Waals surface area contributed by atoms with Gasteiger partial charge in [0.15, 0.2) is 11.4 Å². The van der Waals surface area contributed by atoms with Gasteiger partial charge in [0.05, 0.1) is 20.3 Å². The quantitative estimate of drug-likeness (QED) is 0.271. The number of ketones is 1. The molecule has 0 radical (unpaired) electrons. The zero-order chi connectivity index (χ0) is 26.5. The van der Waals surface area contributed by atoms with E-state index in [1.807, 2.05) is 12.1 Å². The van der Waals surface area contributed by atoms with Crippen LogP contribution in [0.3, 0.4) is 0 Å². The second-order valence-corrected chi connectivity index (χ2v) is 8.77. The molecule has 0 spiro atoms. The summed E-state index contributed by atoms with van der Waals surface area (Å²) in [7, 11) is 1.56. The number of carbonyl (C=O) groups excluding carboxylic acids is 3. The van der Waals surface area contributed by atoms with Crippen molar-refractivity contribution in [3.63, 3.8) is 0 Å². The molecule has 1 amide bonds. The fourth-order valence-electron chi connectivity index (χ4n) is 3.28. The van der Waals surface area contributed by atoms with Crippen molar-refractivity contribution in [3.8, 4) is 5.75 Å². The lowest BCUT2D eigenvalue weighted by Gasteiger charge is -2.19. The molecule has 0 aliphatic heterocycles. The molecule has 11 heteroatoms. The van der Waals surface area contributed by atoms with Crippen molar-refractivity contribution < 1.29 is 28.6 Å². The van der Waals surface area contributed by atoms with Gasteiger partial charge >= 0.3 is 12.1 Å². The second kappa shape index (κ2) is 10.9. The number of nitrogens with zero attached hydrogens (tertiary/aromatic N) is 3. The third-order valence-corrected chi connectivity index (χ3v) is 4.85. The lowest BCUT2D eigenvalue weighted by Crippen LogP contribution is -2.27. The number of rotatable bonds is 8. The Labute approximate surface area is 208 Å². The third kappa shape index (κ3) is 6.38. The lowest BCUT2D eigenvalue weighted by atomic mass is 10.0. The number of amides is 1. The molecule has 0 saturated carbocycles. The molecule has 0 fully saturated rings. The van der Waals surface area contributed by atoms with E-state index in [-0.39, 0.29) is 35.8 Å². The van der Waals surface area contributed by atoms with Crippen LogP contribution in [0.4, 0.5) is 16.2 Å². The maximum atomic E-state index is 13.3. The molecule has 11 nitrogen and oxygen atoms in total. The summed E-state index contributed by atoms with van der Waals surface area (Å²) in [6.45, 7) is 7.16. The second-order valence-electron chi connectivity index (χ2n) is 8.77. The predicted octanol–water partition coefficient (Wildman–Crippen LogP) is 3.67. The normalized spacial score (nSPS) is 11.0. The van der Waals surface area contributed by atoms with Gasteiger partial charge in [-0.3, -0.25) is 10.1 Å². The SMILES string of the molecule is CCOC(=O)c1c(C(=O)c2ccc(NC(=O)OC(C)(C)C)cc2N)nnn1Cc1ccc(OC)cc1. The molecule has 2 aromatic carbocycles. The largest absolute Gasteiger partial charge is 0.497 e. The molecule has 0 unspecified atom stereocenters. The fraction of sp³-hybridized carbons (Fsp3) is 0.320. The Hall–Kier alpha value is -4.41. The van der Waals surface area contributed by atoms with Crippen molar-refractivity contribution in [2.45, 2.75) is 39.8 Å². The van der Waals surface area contributed by atoms with E-state index in [9.17, 15) is 14.4 Å². The summed E-state index contributed by atoms with van der Waals surface area (Å²) in [5, 5.41) is 10.6. The predicted molar refractivity (Wildman–Crippen MR) is 132 cm³/mol. The zero-order valence-corrected chi connectivity index (χ0v) is 20.8. The molecule has 36 heavy (non-hydrogen) atoms. The summed E-state index contributed by atoms with van der Waals surface area (Å²) in [4.78, 5) is 38.1. The van der Waals surface area contributed by atoms with Gasteiger partial charge in [0.25, 0.3) is 0 Å². The van der Waals surface area contributed by atoms with E-state index in [1.54, 1.807) is 46.9 Å². The maximum Gasteiger partial charge on any atom is 0.412 e. The standard InChI is InChI=1S/C25H29N5O6/c1-6-35-23(32)21-20(28-29-30(21)14-15-7-10-17(34-5)11-8-15)22(31)18-12-9-16(13-19(18)26)27-24(33)36-25(2,3)4/h7-13H,6,14,26H2,1-5H3,(H,27,33). The molecule has 1 heterocycles. The highest BCUT2D eigenvalue weighted by atomic mass is 16.6. The van der Waals surface area contributed by atoms with Crippen LogP contribution in [-0.2, 0) is 16.0 Å². The summed E-state index contributed by atoms with van der Waals surface area (Å²) in [5.74, 6) is -0.666. The Balaban J connectivity index is 1.89.